The standard InChI is InChI=1S/C17H26N4O3/c1-17(2,3)20-9-12(22)10-24-14-6-4-5-13-16(14)11(8-19-13)7-15(23)21-18/h4-6,8,12,19-20,22H,7,9-10,18H2,1-3H3,(H,21,23)/p+1/t12-/m0/s1. The van der Waals surface area contributed by atoms with Crippen molar-refractivity contribution < 1.29 is 20.0 Å². The molecule has 1 amide bonds. The highest BCUT2D eigenvalue weighted by molar-refractivity contribution is 5.93. The molecule has 0 bridgehead atoms. The van der Waals surface area contributed by atoms with E-state index in [0.29, 0.717) is 12.3 Å². The number of hydrazine groups is 1. The van der Waals surface area contributed by atoms with Crippen LogP contribution in [0, 0.1) is 0 Å². The zero-order valence-corrected chi connectivity index (χ0v) is 14.4. The third-order valence-corrected chi connectivity index (χ3v) is 3.69. The molecule has 0 unspecified atom stereocenters. The van der Waals surface area contributed by atoms with Gasteiger partial charge >= 0.3 is 0 Å². The molecule has 2 rings (SSSR count). The molecule has 0 spiro atoms. The largest absolute Gasteiger partial charge is 0.490 e. The van der Waals surface area contributed by atoms with Gasteiger partial charge in [-0.2, -0.15) is 0 Å². The molecule has 0 radical (unpaired) electrons. The van der Waals surface area contributed by atoms with Gasteiger partial charge in [0.15, 0.2) is 0 Å². The van der Waals surface area contributed by atoms with Crippen LogP contribution >= 0.6 is 0 Å². The van der Waals surface area contributed by atoms with Crippen LogP contribution in [0.2, 0.25) is 0 Å². The Morgan fingerprint density at radius 1 is 1.46 bits per heavy atom. The van der Waals surface area contributed by atoms with Gasteiger partial charge in [0.05, 0.1) is 12.0 Å². The Morgan fingerprint density at radius 3 is 2.88 bits per heavy atom. The van der Waals surface area contributed by atoms with Crippen LogP contribution in [0.25, 0.3) is 10.9 Å². The Hall–Kier alpha value is -2.09. The van der Waals surface area contributed by atoms with Gasteiger partial charge in [-0.25, -0.2) is 5.84 Å². The normalized spacial score (nSPS) is 13.0. The number of ether oxygens (including phenoxy) is 1. The van der Waals surface area contributed by atoms with Crippen molar-refractivity contribution in [3.05, 3.63) is 30.0 Å². The second-order valence-corrected chi connectivity index (χ2v) is 7.01. The molecule has 1 atom stereocenters. The molecule has 0 aliphatic carbocycles. The number of benzene rings is 1. The van der Waals surface area contributed by atoms with Gasteiger partial charge in [-0.3, -0.25) is 10.2 Å². The molecule has 0 saturated heterocycles. The van der Waals surface area contributed by atoms with Gasteiger partial charge in [-0.1, -0.05) is 6.07 Å². The molecule has 7 N–H and O–H groups in total. The SMILES string of the molecule is CC(C)(C)[NH2+]C[C@H](O)COc1cccc2[nH]cc(CC(=O)NN)c12. The van der Waals surface area contributed by atoms with Crippen LogP contribution < -0.4 is 21.3 Å². The molecule has 1 heterocycles. The average Bonchev–Trinajstić information content (AvgIpc) is 2.93. The molecule has 0 aliphatic heterocycles. The van der Waals surface area contributed by atoms with E-state index in [1.807, 2.05) is 18.2 Å². The summed E-state index contributed by atoms with van der Waals surface area (Å²) in [5.74, 6) is 5.53. The fourth-order valence-electron chi connectivity index (χ4n) is 2.45. The van der Waals surface area contributed by atoms with Gasteiger partial charge in [-0.05, 0) is 38.5 Å². The maximum atomic E-state index is 11.5. The summed E-state index contributed by atoms with van der Waals surface area (Å²) >= 11 is 0. The third-order valence-electron chi connectivity index (χ3n) is 3.69. The summed E-state index contributed by atoms with van der Waals surface area (Å²) in [5, 5.41) is 13.0. The van der Waals surface area contributed by atoms with Crippen molar-refractivity contribution in [1.82, 2.24) is 10.4 Å². The number of nitrogens with one attached hydrogen (secondary N) is 2. The quantitative estimate of drug-likeness (QED) is 0.274. The van der Waals surface area contributed by atoms with Crippen molar-refractivity contribution in [2.45, 2.75) is 38.8 Å². The number of carbonyl (C=O) groups is 1. The Morgan fingerprint density at radius 2 is 2.21 bits per heavy atom. The van der Waals surface area contributed by atoms with Gasteiger partial charge in [0, 0.05) is 17.1 Å². The van der Waals surface area contributed by atoms with Crippen LogP contribution in [0.4, 0.5) is 0 Å². The molecule has 0 aliphatic rings. The second-order valence-electron chi connectivity index (χ2n) is 7.01. The van der Waals surface area contributed by atoms with E-state index in [9.17, 15) is 9.90 Å². The number of hydrogen-bond acceptors (Lipinski definition) is 4. The van der Waals surface area contributed by atoms with E-state index >= 15 is 0 Å². The van der Waals surface area contributed by atoms with Gasteiger partial charge in [0.25, 0.3) is 0 Å². The maximum Gasteiger partial charge on any atom is 0.238 e. The van der Waals surface area contributed by atoms with Crippen LogP contribution in [0.3, 0.4) is 0 Å². The number of hydrogen-bond donors (Lipinski definition) is 5. The molecule has 2 aromatic rings. The highest BCUT2D eigenvalue weighted by Crippen LogP contribution is 2.29. The first-order chi connectivity index (χ1) is 11.3. The zero-order chi connectivity index (χ0) is 17.7. The minimum absolute atomic E-state index is 0.0599. The van der Waals surface area contributed by atoms with Gasteiger partial charge in [-0.15, -0.1) is 0 Å². The number of carbonyl (C=O) groups excluding carboxylic acids is 1. The molecule has 1 aromatic carbocycles. The van der Waals surface area contributed by atoms with Crippen LogP contribution in [0.5, 0.6) is 5.75 Å². The number of aromatic amines is 1. The number of aliphatic hydroxyl groups is 1. The van der Waals surface area contributed by atoms with Crippen molar-refractivity contribution in [1.29, 1.82) is 0 Å². The highest BCUT2D eigenvalue weighted by Gasteiger charge is 2.18. The van der Waals surface area contributed by atoms with Gasteiger partial charge in [0.1, 0.15) is 25.0 Å². The Balaban J connectivity index is 2.08. The van der Waals surface area contributed by atoms with E-state index in [-0.39, 0.29) is 24.5 Å². The highest BCUT2D eigenvalue weighted by atomic mass is 16.5. The molecule has 132 valence electrons. The molecule has 0 saturated carbocycles. The molecular weight excluding hydrogens is 308 g/mol. The number of quaternary nitrogens is 1. The summed E-state index contributed by atoms with van der Waals surface area (Å²) in [4.78, 5) is 14.7. The molecular formula is C17H27N4O3+. The Kier molecular flexibility index (Phi) is 5.82. The number of H-pyrrole nitrogens is 1. The third kappa shape index (κ3) is 4.95. The summed E-state index contributed by atoms with van der Waals surface area (Å²) in [6.07, 6.45) is 1.36. The first-order valence-electron chi connectivity index (χ1n) is 8.04. The van der Waals surface area contributed by atoms with Gasteiger partial charge < -0.3 is 20.1 Å². The lowest BCUT2D eigenvalue weighted by Crippen LogP contribution is -2.96. The number of nitrogens with two attached hydrogens (primary N) is 2. The van der Waals surface area contributed by atoms with Crippen molar-refractivity contribution in [2.24, 2.45) is 5.84 Å². The lowest BCUT2D eigenvalue weighted by atomic mass is 10.1. The topological polar surface area (TPSA) is 117 Å². The van der Waals surface area contributed by atoms with E-state index in [1.54, 1.807) is 6.20 Å². The van der Waals surface area contributed by atoms with Crippen LogP contribution in [0.1, 0.15) is 26.3 Å². The van der Waals surface area contributed by atoms with Crippen molar-refractivity contribution >= 4 is 16.8 Å². The fourth-order valence-corrected chi connectivity index (χ4v) is 2.45. The predicted octanol–water partition coefficient (Wildman–Crippen LogP) is -0.198. The molecule has 7 nitrogen and oxygen atoms in total. The Labute approximate surface area is 141 Å². The van der Waals surface area contributed by atoms with E-state index < -0.39 is 6.10 Å². The lowest BCUT2D eigenvalue weighted by Gasteiger charge is -2.19. The number of aromatic nitrogens is 1. The van der Waals surface area contributed by atoms with Gasteiger partial charge in [0.2, 0.25) is 5.91 Å². The Bertz CT molecular complexity index is 691. The minimum Gasteiger partial charge on any atom is -0.490 e. The fraction of sp³-hybridized carbons (Fsp3) is 0.471. The monoisotopic (exact) mass is 335 g/mol. The molecule has 1 aromatic heterocycles. The van der Waals surface area contributed by atoms with E-state index in [2.05, 4.69) is 36.5 Å². The van der Waals surface area contributed by atoms with Crippen LogP contribution in [0.15, 0.2) is 24.4 Å². The second kappa shape index (κ2) is 7.65. The molecule has 0 fully saturated rings. The molecule has 24 heavy (non-hydrogen) atoms. The lowest BCUT2D eigenvalue weighted by molar-refractivity contribution is -0.722. The average molecular weight is 335 g/mol. The van der Waals surface area contributed by atoms with E-state index in [1.165, 1.54) is 0 Å². The van der Waals surface area contributed by atoms with E-state index in [4.69, 9.17) is 10.6 Å². The summed E-state index contributed by atoms with van der Waals surface area (Å²) in [7, 11) is 0. The first-order valence-corrected chi connectivity index (χ1v) is 8.04. The minimum atomic E-state index is -0.575. The van der Waals surface area contributed by atoms with Crippen molar-refractivity contribution in [3.63, 3.8) is 0 Å². The maximum absolute atomic E-state index is 11.5. The number of amides is 1. The van der Waals surface area contributed by atoms with Crippen molar-refractivity contribution in [2.75, 3.05) is 13.2 Å². The first kappa shape index (κ1) is 18.3. The summed E-state index contributed by atoms with van der Waals surface area (Å²) in [6, 6.07) is 5.62. The number of rotatable bonds is 7. The number of aliphatic hydroxyl groups excluding tert-OH is 1. The summed E-state index contributed by atoms with van der Waals surface area (Å²) in [6.45, 7) is 7.04. The summed E-state index contributed by atoms with van der Waals surface area (Å²) < 4.78 is 5.81. The summed E-state index contributed by atoms with van der Waals surface area (Å²) in [5.41, 5.74) is 3.87. The molecule has 7 heteroatoms. The number of fused-ring (bicyclic) bond motifs is 1. The van der Waals surface area contributed by atoms with E-state index in [0.717, 1.165) is 16.5 Å². The van der Waals surface area contributed by atoms with Crippen LogP contribution in [-0.2, 0) is 11.2 Å². The van der Waals surface area contributed by atoms with Crippen LogP contribution in [-0.4, -0.2) is 40.8 Å². The smallest absolute Gasteiger partial charge is 0.238 e. The zero-order valence-electron chi connectivity index (χ0n) is 14.4. The van der Waals surface area contributed by atoms with Crippen molar-refractivity contribution in [3.8, 4) is 5.75 Å². The predicted molar refractivity (Wildman–Crippen MR) is 92.4 cm³/mol.